The van der Waals surface area contributed by atoms with Crippen LogP contribution in [-0.2, 0) is 14.8 Å². The molecule has 6 heteroatoms. The van der Waals surface area contributed by atoms with Crippen LogP contribution >= 0.6 is 0 Å². The van der Waals surface area contributed by atoms with Gasteiger partial charge in [-0.15, -0.1) is 0 Å². The fourth-order valence-electron chi connectivity index (χ4n) is 1.99. The number of hydrogen-bond acceptors (Lipinski definition) is 3. The molecule has 2 rings (SSSR count). The molecule has 0 spiro atoms. The Morgan fingerprint density at radius 3 is 2.55 bits per heavy atom. The van der Waals surface area contributed by atoms with Crippen LogP contribution in [0.3, 0.4) is 0 Å². The third kappa shape index (κ3) is 3.96. The molecule has 1 aliphatic rings. The topological polar surface area (TPSA) is 66.5 Å². The Hall–Kier alpha value is -1.56. The molecule has 1 saturated carbocycles. The van der Waals surface area contributed by atoms with Crippen molar-refractivity contribution in [1.29, 1.82) is 0 Å². The molecule has 1 N–H and O–H groups in total. The monoisotopic (exact) mass is 296 g/mol. The van der Waals surface area contributed by atoms with Gasteiger partial charge in [0, 0.05) is 6.54 Å². The Balaban J connectivity index is 2.12. The van der Waals surface area contributed by atoms with E-state index in [0.29, 0.717) is 18.2 Å². The normalized spacial score (nSPS) is 14.9. The van der Waals surface area contributed by atoms with Gasteiger partial charge in [0.05, 0.1) is 11.9 Å². The maximum Gasteiger partial charge on any atom is 0.240 e. The van der Waals surface area contributed by atoms with E-state index in [1.165, 1.54) is 0 Å². The molecule has 0 unspecified atom stereocenters. The second-order valence-electron chi connectivity index (χ2n) is 5.30. The van der Waals surface area contributed by atoms with E-state index >= 15 is 0 Å². The number of hydrogen-bond donors (Lipinski definition) is 1. The molecule has 1 fully saturated rings. The fourth-order valence-corrected chi connectivity index (χ4v) is 2.90. The van der Waals surface area contributed by atoms with E-state index in [1.807, 2.05) is 19.1 Å². The van der Waals surface area contributed by atoms with Crippen LogP contribution in [0.15, 0.2) is 24.3 Å². The summed E-state index contributed by atoms with van der Waals surface area (Å²) in [5.41, 5.74) is 1.38. The first-order chi connectivity index (χ1) is 9.38. The quantitative estimate of drug-likeness (QED) is 0.860. The Kier molecular flexibility index (Phi) is 4.32. The fraction of sp³-hybridized carbons (Fsp3) is 0.500. The van der Waals surface area contributed by atoms with Gasteiger partial charge < -0.3 is 5.32 Å². The van der Waals surface area contributed by atoms with Crippen LogP contribution in [0.1, 0.15) is 18.4 Å². The predicted molar refractivity (Wildman–Crippen MR) is 79.1 cm³/mol. The maximum absolute atomic E-state index is 11.9. The van der Waals surface area contributed by atoms with E-state index < -0.39 is 10.0 Å². The van der Waals surface area contributed by atoms with E-state index in [2.05, 4.69) is 5.32 Å². The maximum atomic E-state index is 11.9. The van der Waals surface area contributed by atoms with Crippen molar-refractivity contribution in [2.45, 2.75) is 19.8 Å². The number of para-hydroxylation sites is 1. The summed E-state index contributed by atoms with van der Waals surface area (Å²) in [6.45, 7) is 2.30. The zero-order valence-electron chi connectivity index (χ0n) is 11.8. The average Bonchev–Trinajstić information content (AvgIpc) is 3.17. The minimum absolute atomic E-state index is 0.170. The molecule has 1 amide bonds. The molecule has 5 nitrogen and oxygen atoms in total. The molecule has 1 aromatic rings. The van der Waals surface area contributed by atoms with E-state index in [-0.39, 0.29) is 12.5 Å². The van der Waals surface area contributed by atoms with Gasteiger partial charge >= 0.3 is 0 Å². The number of benzene rings is 1. The summed E-state index contributed by atoms with van der Waals surface area (Å²) in [5, 5.41) is 2.79. The number of anilines is 1. The van der Waals surface area contributed by atoms with Crippen molar-refractivity contribution in [1.82, 2.24) is 5.32 Å². The van der Waals surface area contributed by atoms with Crippen LogP contribution in [0.5, 0.6) is 0 Å². The summed E-state index contributed by atoms with van der Waals surface area (Å²) in [7, 11) is -3.49. The Labute approximate surface area is 120 Å². The highest BCUT2D eigenvalue weighted by Crippen LogP contribution is 2.27. The largest absolute Gasteiger partial charge is 0.354 e. The third-order valence-electron chi connectivity index (χ3n) is 3.36. The number of carbonyl (C=O) groups excluding carboxylic acids is 1. The van der Waals surface area contributed by atoms with Crippen molar-refractivity contribution in [3.63, 3.8) is 0 Å². The van der Waals surface area contributed by atoms with Crippen molar-refractivity contribution in [3.05, 3.63) is 29.8 Å². The standard InChI is InChI=1S/C14H20N2O3S/c1-11-5-3-4-6-13(11)16(20(2,18)19)10-14(17)15-9-12-7-8-12/h3-6,12H,7-10H2,1-2H3,(H,15,17). The summed E-state index contributed by atoms with van der Waals surface area (Å²) < 4.78 is 25.0. The number of nitrogens with one attached hydrogen (secondary N) is 1. The molecule has 1 aliphatic carbocycles. The lowest BCUT2D eigenvalue weighted by atomic mass is 10.2. The van der Waals surface area contributed by atoms with Gasteiger partial charge in [-0.3, -0.25) is 9.10 Å². The molecule has 0 aliphatic heterocycles. The van der Waals surface area contributed by atoms with Crippen LogP contribution in [0, 0.1) is 12.8 Å². The van der Waals surface area contributed by atoms with Crippen molar-refractivity contribution in [3.8, 4) is 0 Å². The summed E-state index contributed by atoms with van der Waals surface area (Å²) in [6.07, 6.45) is 3.41. The van der Waals surface area contributed by atoms with E-state index in [9.17, 15) is 13.2 Å². The first kappa shape index (κ1) is 14.8. The minimum Gasteiger partial charge on any atom is -0.354 e. The molecule has 0 bridgehead atoms. The van der Waals surface area contributed by atoms with Gasteiger partial charge in [0.1, 0.15) is 6.54 Å². The van der Waals surface area contributed by atoms with Gasteiger partial charge in [0.15, 0.2) is 0 Å². The Bertz CT molecular complexity index is 594. The second-order valence-corrected chi connectivity index (χ2v) is 7.21. The average molecular weight is 296 g/mol. The smallest absolute Gasteiger partial charge is 0.240 e. The highest BCUT2D eigenvalue weighted by molar-refractivity contribution is 7.92. The van der Waals surface area contributed by atoms with Crippen LogP contribution in [-0.4, -0.2) is 33.7 Å². The van der Waals surface area contributed by atoms with Gasteiger partial charge in [-0.2, -0.15) is 0 Å². The predicted octanol–water partition coefficient (Wildman–Crippen LogP) is 1.29. The molecular formula is C14H20N2O3S. The zero-order chi connectivity index (χ0) is 14.8. The number of carbonyl (C=O) groups is 1. The molecule has 0 aromatic heterocycles. The minimum atomic E-state index is -3.49. The summed E-state index contributed by atoms with van der Waals surface area (Å²) in [6, 6.07) is 7.15. The van der Waals surface area contributed by atoms with E-state index in [0.717, 1.165) is 29.0 Å². The summed E-state index contributed by atoms with van der Waals surface area (Å²) >= 11 is 0. The lowest BCUT2D eigenvalue weighted by Gasteiger charge is -2.23. The number of aryl methyl sites for hydroxylation is 1. The van der Waals surface area contributed by atoms with Crippen molar-refractivity contribution in [2.24, 2.45) is 5.92 Å². The van der Waals surface area contributed by atoms with Gasteiger partial charge in [0.25, 0.3) is 0 Å². The molecule has 20 heavy (non-hydrogen) atoms. The van der Waals surface area contributed by atoms with Gasteiger partial charge in [-0.1, -0.05) is 18.2 Å². The lowest BCUT2D eigenvalue weighted by molar-refractivity contribution is -0.119. The molecule has 0 atom stereocenters. The molecule has 110 valence electrons. The zero-order valence-corrected chi connectivity index (χ0v) is 12.6. The highest BCUT2D eigenvalue weighted by Gasteiger charge is 2.24. The molecule has 0 saturated heterocycles. The van der Waals surface area contributed by atoms with E-state index in [4.69, 9.17) is 0 Å². The highest BCUT2D eigenvalue weighted by atomic mass is 32.2. The van der Waals surface area contributed by atoms with Crippen LogP contribution < -0.4 is 9.62 Å². The molecular weight excluding hydrogens is 276 g/mol. The summed E-state index contributed by atoms with van der Waals surface area (Å²) in [4.78, 5) is 11.9. The van der Waals surface area contributed by atoms with Gasteiger partial charge in [-0.05, 0) is 37.3 Å². The lowest BCUT2D eigenvalue weighted by Crippen LogP contribution is -2.41. The van der Waals surface area contributed by atoms with Crippen molar-refractivity contribution >= 4 is 21.6 Å². The number of rotatable bonds is 6. The van der Waals surface area contributed by atoms with Gasteiger partial charge in [0.2, 0.25) is 15.9 Å². The van der Waals surface area contributed by atoms with Crippen molar-refractivity contribution in [2.75, 3.05) is 23.7 Å². The third-order valence-corrected chi connectivity index (χ3v) is 4.48. The first-order valence-electron chi connectivity index (χ1n) is 6.68. The molecule has 0 radical (unpaired) electrons. The Morgan fingerprint density at radius 2 is 2.00 bits per heavy atom. The van der Waals surface area contributed by atoms with Crippen LogP contribution in [0.25, 0.3) is 0 Å². The number of nitrogens with zero attached hydrogens (tertiary/aromatic N) is 1. The van der Waals surface area contributed by atoms with Crippen LogP contribution in [0.4, 0.5) is 5.69 Å². The van der Waals surface area contributed by atoms with Gasteiger partial charge in [-0.25, -0.2) is 8.42 Å². The SMILES string of the molecule is Cc1ccccc1N(CC(=O)NCC1CC1)S(C)(=O)=O. The number of sulfonamides is 1. The molecule has 1 aromatic carbocycles. The molecule has 0 heterocycles. The Morgan fingerprint density at radius 1 is 1.35 bits per heavy atom. The van der Waals surface area contributed by atoms with E-state index in [1.54, 1.807) is 12.1 Å². The second kappa shape index (κ2) is 5.83. The number of amides is 1. The summed E-state index contributed by atoms with van der Waals surface area (Å²) in [5.74, 6) is 0.315. The van der Waals surface area contributed by atoms with Crippen LogP contribution in [0.2, 0.25) is 0 Å². The first-order valence-corrected chi connectivity index (χ1v) is 8.53. The van der Waals surface area contributed by atoms with Crippen molar-refractivity contribution < 1.29 is 13.2 Å².